The summed E-state index contributed by atoms with van der Waals surface area (Å²) in [5.74, 6) is 0.778. The Labute approximate surface area is 203 Å². The van der Waals surface area contributed by atoms with Crippen LogP contribution in [0.4, 0.5) is 4.79 Å². The van der Waals surface area contributed by atoms with E-state index in [9.17, 15) is 4.79 Å². The molecular formula is C29H26N4O2. The number of ether oxygens (including phenoxy) is 1. The minimum absolute atomic E-state index is 0.0513. The Bertz CT molecular complexity index is 1430. The van der Waals surface area contributed by atoms with Crippen LogP contribution in [0.2, 0.25) is 0 Å². The average Bonchev–Trinajstić information content (AvgIpc) is 3.46. The molecule has 2 bridgehead atoms. The number of rotatable bonds is 3. The van der Waals surface area contributed by atoms with E-state index in [4.69, 9.17) is 4.74 Å². The minimum Gasteiger partial charge on any atom is -0.448 e. The summed E-state index contributed by atoms with van der Waals surface area (Å²) in [6.45, 7) is 0.359. The molecule has 0 radical (unpaired) electrons. The number of aromatic nitrogens is 3. The van der Waals surface area contributed by atoms with Crippen LogP contribution in [0.15, 0.2) is 79.3 Å². The lowest BCUT2D eigenvalue weighted by atomic mass is 9.84. The fraction of sp³-hybridized carbons (Fsp3) is 0.276. The highest BCUT2D eigenvalue weighted by molar-refractivity contribution is 5.79. The van der Waals surface area contributed by atoms with E-state index in [1.54, 1.807) is 6.20 Å². The third kappa shape index (κ3) is 3.27. The van der Waals surface area contributed by atoms with Crippen molar-refractivity contribution in [1.82, 2.24) is 19.3 Å². The van der Waals surface area contributed by atoms with Gasteiger partial charge in [-0.1, -0.05) is 54.6 Å². The maximum atomic E-state index is 13.4. The monoisotopic (exact) mass is 462 g/mol. The molecule has 2 aliphatic heterocycles. The van der Waals surface area contributed by atoms with Crippen molar-refractivity contribution in [1.29, 1.82) is 0 Å². The summed E-state index contributed by atoms with van der Waals surface area (Å²) < 4.78 is 8.07. The van der Waals surface area contributed by atoms with Gasteiger partial charge in [0.2, 0.25) is 5.78 Å². The van der Waals surface area contributed by atoms with Crippen LogP contribution in [-0.4, -0.2) is 44.1 Å². The molecule has 0 saturated carbocycles. The first-order chi connectivity index (χ1) is 17.3. The van der Waals surface area contributed by atoms with Gasteiger partial charge in [0.15, 0.2) is 0 Å². The van der Waals surface area contributed by atoms with E-state index in [0.717, 1.165) is 31.4 Å². The lowest BCUT2D eigenvalue weighted by molar-refractivity contribution is 0.0538. The van der Waals surface area contributed by atoms with Crippen molar-refractivity contribution in [2.45, 2.75) is 43.7 Å². The van der Waals surface area contributed by atoms with Crippen molar-refractivity contribution >= 4 is 17.4 Å². The van der Waals surface area contributed by atoms with Gasteiger partial charge >= 0.3 is 6.09 Å². The summed E-state index contributed by atoms with van der Waals surface area (Å²) >= 11 is 0. The van der Waals surface area contributed by atoms with Gasteiger partial charge in [0.25, 0.3) is 0 Å². The van der Waals surface area contributed by atoms with Crippen molar-refractivity contribution in [3.05, 3.63) is 96.1 Å². The molecule has 3 aliphatic rings. The van der Waals surface area contributed by atoms with E-state index in [1.165, 1.54) is 27.8 Å². The fourth-order valence-electron chi connectivity index (χ4n) is 6.24. The number of fused-ring (bicyclic) bond motifs is 6. The molecule has 0 N–H and O–H groups in total. The lowest BCUT2D eigenvalue weighted by Gasteiger charge is -2.44. The highest BCUT2D eigenvalue weighted by Gasteiger charge is 2.39. The molecule has 4 heterocycles. The number of carbonyl (C=O) groups is 1. The first-order valence-corrected chi connectivity index (χ1v) is 12.4. The second kappa shape index (κ2) is 8.08. The Kier molecular flexibility index (Phi) is 4.72. The van der Waals surface area contributed by atoms with Crippen LogP contribution < -0.4 is 0 Å². The predicted molar refractivity (Wildman–Crippen MR) is 134 cm³/mol. The number of piperidine rings is 1. The van der Waals surface area contributed by atoms with E-state index in [1.807, 2.05) is 27.8 Å². The Morgan fingerprint density at radius 1 is 0.971 bits per heavy atom. The maximum absolute atomic E-state index is 13.4. The van der Waals surface area contributed by atoms with Gasteiger partial charge in [-0.3, -0.25) is 9.30 Å². The zero-order valence-corrected chi connectivity index (χ0v) is 19.4. The van der Waals surface area contributed by atoms with E-state index >= 15 is 0 Å². The maximum Gasteiger partial charge on any atom is 0.410 e. The van der Waals surface area contributed by atoms with E-state index in [-0.39, 0.29) is 24.1 Å². The highest BCUT2D eigenvalue weighted by Crippen LogP contribution is 2.45. The van der Waals surface area contributed by atoms with Gasteiger partial charge in [0.05, 0.1) is 17.9 Å². The highest BCUT2D eigenvalue weighted by atomic mass is 16.6. The Hall–Kier alpha value is -3.93. The molecule has 0 spiro atoms. The molecule has 1 aliphatic carbocycles. The summed E-state index contributed by atoms with van der Waals surface area (Å²) in [5.41, 5.74) is 7.27. The number of nitrogens with zero attached hydrogens (tertiary/aromatic N) is 4. The second-order valence-electron chi connectivity index (χ2n) is 9.69. The summed E-state index contributed by atoms with van der Waals surface area (Å²) in [4.78, 5) is 24.2. The number of amides is 1. The molecule has 1 amide bonds. The normalized spacial score (nSPS) is 20.9. The molecule has 174 valence electrons. The van der Waals surface area contributed by atoms with Crippen LogP contribution in [0.25, 0.3) is 22.5 Å². The van der Waals surface area contributed by atoms with E-state index in [0.29, 0.717) is 12.4 Å². The van der Waals surface area contributed by atoms with Crippen LogP contribution in [-0.2, 0) is 4.74 Å². The standard InChI is InChI=1S/C29H26N4O2/c34-29(35-18-26-24-11-3-1-9-22(24)23-10-2-4-12-25(23)26)33-20-7-5-8-21(33)16-19(15-20)27-17-31-28-30-13-6-14-32(27)28/h1-4,6,9-15,17,20-21,26H,5,7-8,16,18H2. The summed E-state index contributed by atoms with van der Waals surface area (Å²) in [7, 11) is 0. The van der Waals surface area contributed by atoms with Gasteiger partial charge < -0.3 is 4.74 Å². The zero-order valence-electron chi connectivity index (χ0n) is 19.4. The average molecular weight is 463 g/mol. The fourth-order valence-corrected chi connectivity index (χ4v) is 6.24. The van der Waals surface area contributed by atoms with Crippen LogP contribution >= 0.6 is 0 Å². The topological polar surface area (TPSA) is 59.7 Å². The second-order valence-corrected chi connectivity index (χ2v) is 9.69. The van der Waals surface area contributed by atoms with Gasteiger partial charge in [-0.15, -0.1) is 0 Å². The summed E-state index contributed by atoms with van der Waals surface area (Å²) in [6, 6.07) is 19.0. The summed E-state index contributed by atoms with van der Waals surface area (Å²) in [6.07, 6.45) is 11.6. The third-order valence-corrected chi connectivity index (χ3v) is 7.80. The quantitative estimate of drug-likeness (QED) is 0.393. The molecule has 6 heteroatoms. The van der Waals surface area contributed by atoms with Crippen molar-refractivity contribution in [3.8, 4) is 11.1 Å². The molecule has 2 aromatic heterocycles. The Balaban J connectivity index is 1.14. The van der Waals surface area contributed by atoms with Crippen molar-refractivity contribution < 1.29 is 9.53 Å². The van der Waals surface area contributed by atoms with E-state index < -0.39 is 0 Å². The number of imidazole rings is 1. The molecular weight excluding hydrogens is 436 g/mol. The SMILES string of the molecule is O=C(OCC1c2ccccc2-c2ccccc21)N1C2C=C(c3cnc4ncccn34)CC1CCC2. The van der Waals surface area contributed by atoms with Gasteiger partial charge in [-0.05, 0) is 59.6 Å². The number of benzene rings is 2. The molecule has 35 heavy (non-hydrogen) atoms. The predicted octanol–water partition coefficient (Wildman–Crippen LogP) is 5.69. The first kappa shape index (κ1) is 20.4. The molecule has 2 aromatic carbocycles. The lowest BCUT2D eigenvalue weighted by Crippen LogP contribution is -2.52. The van der Waals surface area contributed by atoms with Gasteiger partial charge in [-0.25, -0.2) is 14.8 Å². The smallest absolute Gasteiger partial charge is 0.410 e. The zero-order chi connectivity index (χ0) is 23.4. The van der Waals surface area contributed by atoms with Crippen LogP contribution in [0.3, 0.4) is 0 Å². The summed E-state index contributed by atoms with van der Waals surface area (Å²) in [5, 5.41) is 0. The van der Waals surface area contributed by atoms with E-state index in [2.05, 4.69) is 64.6 Å². The van der Waals surface area contributed by atoms with Crippen molar-refractivity contribution in [2.75, 3.05) is 6.61 Å². The Morgan fingerprint density at radius 2 is 1.74 bits per heavy atom. The molecule has 6 nitrogen and oxygen atoms in total. The molecule has 2 atom stereocenters. The number of hydrogen-bond acceptors (Lipinski definition) is 4. The molecule has 1 fully saturated rings. The van der Waals surface area contributed by atoms with Crippen molar-refractivity contribution in [2.24, 2.45) is 0 Å². The molecule has 1 saturated heterocycles. The third-order valence-electron chi connectivity index (χ3n) is 7.80. The van der Waals surface area contributed by atoms with Crippen molar-refractivity contribution in [3.63, 3.8) is 0 Å². The Morgan fingerprint density at radius 3 is 2.51 bits per heavy atom. The molecule has 7 rings (SSSR count). The van der Waals surface area contributed by atoms with Gasteiger partial charge in [-0.2, -0.15) is 0 Å². The number of hydrogen-bond donors (Lipinski definition) is 0. The molecule has 2 unspecified atom stereocenters. The van der Waals surface area contributed by atoms with Crippen LogP contribution in [0.5, 0.6) is 0 Å². The van der Waals surface area contributed by atoms with Gasteiger partial charge in [0.1, 0.15) is 6.61 Å². The molecule has 4 aromatic rings. The largest absolute Gasteiger partial charge is 0.448 e. The minimum atomic E-state index is -0.198. The number of carbonyl (C=O) groups excluding carboxylic acids is 1. The van der Waals surface area contributed by atoms with Crippen LogP contribution in [0.1, 0.15) is 48.4 Å². The first-order valence-electron chi connectivity index (χ1n) is 12.4. The van der Waals surface area contributed by atoms with Gasteiger partial charge in [0, 0.05) is 24.4 Å². The van der Waals surface area contributed by atoms with Crippen LogP contribution in [0, 0.1) is 0 Å².